The van der Waals surface area contributed by atoms with E-state index < -0.39 is 16.8 Å². The number of carbonyl (C=O) groups excluding carboxylic acids is 1. The summed E-state index contributed by atoms with van der Waals surface area (Å²) < 4.78 is 0. The molecule has 36 heavy (non-hydrogen) atoms. The number of H-pyrrole nitrogens is 1. The Morgan fingerprint density at radius 3 is 2.81 bits per heavy atom. The molecule has 0 spiro atoms. The summed E-state index contributed by atoms with van der Waals surface area (Å²) in [7, 11) is 0. The van der Waals surface area contributed by atoms with Gasteiger partial charge in [0.1, 0.15) is 16.4 Å². The molecule has 1 fully saturated rings. The summed E-state index contributed by atoms with van der Waals surface area (Å²) in [6, 6.07) is 5.98. The molecule has 10 heteroatoms. The van der Waals surface area contributed by atoms with Gasteiger partial charge in [-0.2, -0.15) is 0 Å². The lowest BCUT2D eigenvalue weighted by atomic mass is 9.94. The molecular formula is C26H27N5O4S. The van der Waals surface area contributed by atoms with Gasteiger partial charge in [0.15, 0.2) is 5.82 Å². The molecule has 0 radical (unpaired) electrons. The Kier molecular flexibility index (Phi) is 5.70. The van der Waals surface area contributed by atoms with E-state index in [2.05, 4.69) is 15.3 Å². The average molecular weight is 506 g/mol. The molecule has 2 aliphatic heterocycles. The second-order valence-corrected chi connectivity index (χ2v) is 11.1. The molecule has 1 amide bonds. The van der Waals surface area contributed by atoms with Crippen LogP contribution in [0, 0.1) is 0 Å². The third-order valence-corrected chi connectivity index (χ3v) is 9.10. The van der Waals surface area contributed by atoms with Crippen molar-refractivity contribution < 1.29 is 4.79 Å². The molecule has 2 aromatic carbocycles. The minimum Gasteiger partial charge on any atom is -0.394 e. The number of nitrogens with zero attached hydrogens (tertiary/aromatic N) is 2. The summed E-state index contributed by atoms with van der Waals surface area (Å²) >= 11 is 1.65. The molecule has 3 aromatic rings. The summed E-state index contributed by atoms with van der Waals surface area (Å²) in [5, 5.41) is 3.95. The van der Waals surface area contributed by atoms with Gasteiger partial charge >= 0.3 is 0 Å². The normalized spacial score (nSPS) is 20.9. The van der Waals surface area contributed by atoms with Crippen LogP contribution in [0.1, 0.15) is 70.9 Å². The molecule has 1 saturated carbocycles. The fourth-order valence-electron chi connectivity index (χ4n) is 5.76. The summed E-state index contributed by atoms with van der Waals surface area (Å²) in [5.74, 6) is -0.142. The van der Waals surface area contributed by atoms with E-state index in [0.717, 1.165) is 47.9 Å². The number of fused-ring (bicyclic) bond motifs is 4. The Morgan fingerprint density at radius 1 is 1.14 bits per heavy atom. The van der Waals surface area contributed by atoms with Crippen molar-refractivity contribution >= 4 is 29.0 Å². The molecular weight excluding hydrogens is 478 g/mol. The first-order chi connectivity index (χ1) is 17.4. The number of benzene rings is 1. The Morgan fingerprint density at radius 2 is 1.97 bits per heavy atom. The van der Waals surface area contributed by atoms with Crippen molar-refractivity contribution in [2.75, 3.05) is 17.2 Å². The van der Waals surface area contributed by atoms with Gasteiger partial charge in [-0.05, 0) is 36.0 Å². The molecule has 0 saturated heterocycles. The number of aromatic amines is 1. The maximum atomic E-state index is 12.9. The number of aromatic nitrogens is 2. The highest BCUT2D eigenvalue weighted by Crippen LogP contribution is 2.48. The average Bonchev–Trinajstić information content (AvgIpc) is 3.08. The molecule has 4 N–H and O–H groups in total. The first kappa shape index (κ1) is 23.0. The third kappa shape index (κ3) is 3.84. The number of carbonyl (C=O) groups is 1. The maximum absolute atomic E-state index is 12.9. The van der Waals surface area contributed by atoms with E-state index in [9.17, 15) is 19.2 Å². The predicted molar refractivity (Wildman–Crippen MR) is 138 cm³/mol. The highest BCUT2D eigenvalue weighted by Gasteiger charge is 2.38. The third-order valence-electron chi connectivity index (χ3n) is 7.70. The topological polar surface area (TPSA) is 138 Å². The Hall–Kier alpha value is -3.40. The minimum absolute atomic E-state index is 0.0377. The highest BCUT2D eigenvalue weighted by molar-refractivity contribution is 8.00. The van der Waals surface area contributed by atoms with Crippen LogP contribution >= 0.6 is 11.8 Å². The number of amides is 1. The number of rotatable bonds is 4. The standard InChI is InChI=1S/C26H27N5O4S/c27-19-20(22(33)21(19)32)31-9-8-14-7-6-13(10-15(14)12-31)11-28-25(35)23-29-24(34)18-16-4-2-1-3-5-17(16)36-26(18)30-23/h6-7,10,16-17H,1-5,8-9,11-12,27H2,(H,28,35)(H,29,30,34). The molecule has 186 valence electrons. The lowest BCUT2D eigenvalue weighted by Crippen LogP contribution is -2.44. The van der Waals surface area contributed by atoms with Crippen molar-refractivity contribution in [2.45, 2.75) is 67.8 Å². The van der Waals surface area contributed by atoms with Gasteiger partial charge in [0.2, 0.25) is 0 Å². The van der Waals surface area contributed by atoms with Gasteiger partial charge in [0.05, 0.1) is 5.56 Å². The van der Waals surface area contributed by atoms with Gasteiger partial charge in [0, 0.05) is 30.8 Å². The van der Waals surface area contributed by atoms with Crippen molar-refractivity contribution in [3.63, 3.8) is 0 Å². The summed E-state index contributed by atoms with van der Waals surface area (Å²) in [6.07, 6.45) is 6.33. The molecule has 6 rings (SSSR count). The van der Waals surface area contributed by atoms with Gasteiger partial charge in [-0.3, -0.25) is 19.2 Å². The van der Waals surface area contributed by atoms with Crippen LogP contribution in [0.15, 0.2) is 37.6 Å². The molecule has 2 unspecified atom stereocenters. The van der Waals surface area contributed by atoms with Gasteiger partial charge in [-0.1, -0.05) is 37.5 Å². The van der Waals surface area contributed by atoms with Crippen LogP contribution in [0.3, 0.4) is 0 Å². The zero-order valence-corrected chi connectivity index (χ0v) is 20.6. The van der Waals surface area contributed by atoms with Gasteiger partial charge in [0.25, 0.3) is 22.3 Å². The van der Waals surface area contributed by atoms with E-state index in [1.54, 1.807) is 11.8 Å². The summed E-state index contributed by atoms with van der Waals surface area (Å²) in [5.41, 5.74) is 8.60. The lowest BCUT2D eigenvalue weighted by molar-refractivity contribution is 0.0939. The number of thioether (sulfide) groups is 1. The largest absolute Gasteiger partial charge is 0.394 e. The summed E-state index contributed by atoms with van der Waals surface area (Å²) in [4.78, 5) is 58.3. The van der Waals surface area contributed by atoms with Crippen LogP contribution in [-0.4, -0.2) is 27.7 Å². The SMILES string of the molecule is Nc1c(N2CCc3ccc(CNC(=O)c4nc5c(c(=O)[nH]4)C4CCCCCC4S5)cc3C2)c(=O)c1=O. The first-order valence-corrected chi connectivity index (χ1v) is 13.3. The molecule has 9 nitrogen and oxygen atoms in total. The lowest BCUT2D eigenvalue weighted by Gasteiger charge is -2.32. The van der Waals surface area contributed by atoms with Crippen LogP contribution in [-0.2, 0) is 19.5 Å². The summed E-state index contributed by atoms with van der Waals surface area (Å²) in [6.45, 7) is 1.37. The molecule has 0 bridgehead atoms. The fourth-order valence-corrected chi connectivity index (χ4v) is 7.29. The second-order valence-electron chi connectivity index (χ2n) is 9.91. The number of nitrogens with one attached hydrogen (secondary N) is 2. The van der Waals surface area contributed by atoms with Crippen molar-refractivity contribution in [3.05, 3.63) is 77.1 Å². The van der Waals surface area contributed by atoms with E-state index >= 15 is 0 Å². The fraction of sp³-hybridized carbons (Fsp3) is 0.423. The highest BCUT2D eigenvalue weighted by atomic mass is 32.2. The van der Waals surface area contributed by atoms with Gasteiger partial charge < -0.3 is 20.9 Å². The monoisotopic (exact) mass is 505 g/mol. The molecule has 3 aliphatic rings. The Labute approximate surface area is 211 Å². The Bertz CT molecular complexity index is 1510. The number of anilines is 2. The molecule has 3 heterocycles. The van der Waals surface area contributed by atoms with Crippen molar-refractivity contribution in [1.29, 1.82) is 0 Å². The zero-order chi connectivity index (χ0) is 25.0. The van der Waals surface area contributed by atoms with E-state index in [1.165, 1.54) is 12.8 Å². The predicted octanol–water partition coefficient (Wildman–Crippen LogP) is 1.96. The van der Waals surface area contributed by atoms with E-state index in [4.69, 9.17) is 5.73 Å². The number of nitrogens with two attached hydrogens (primary N) is 1. The first-order valence-electron chi connectivity index (χ1n) is 12.4. The quantitative estimate of drug-likeness (QED) is 0.361. The van der Waals surface area contributed by atoms with Crippen LogP contribution in [0.2, 0.25) is 0 Å². The van der Waals surface area contributed by atoms with Crippen LogP contribution in [0.4, 0.5) is 11.4 Å². The van der Waals surface area contributed by atoms with Crippen LogP contribution in [0.25, 0.3) is 0 Å². The minimum atomic E-state index is -0.613. The van der Waals surface area contributed by atoms with E-state index in [0.29, 0.717) is 29.1 Å². The van der Waals surface area contributed by atoms with Crippen LogP contribution < -0.4 is 32.4 Å². The van der Waals surface area contributed by atoms with Gasteiger partial charge in [-0.15, -0.1) is 11.8 Å². The smallest absolute Gasteiger partial charge is 0.287 e. The Balaban J connectivity index is 1.15. The number of hydrogen-bond donors (Lipinski definition) is 3. The van der Waals surface area contributed by atoms with Crippen molar-refractivity contribution in [1.82, 2.24) is 15.3 Å². The van der Waals surface area contributed by atoms with Crippen LogP contribution in [0.5, 0.6) is 0 Å². The van der Waals surface area contributed by atoms with Crippen molar-refractivity contribution in [2.24, 2.45) is 0 Å². The number of hydrogen-bond acceptors (Lipinski definition) is 8. The molecule has 1 aliphatic carbocycles. The molecule has 1 aromatic heterocycles. The second kappa shape index (κ2) is 8.92. The zero-order valence-electron chi connectivity index (χ0n) is 19.8. The maximum Gasteiger partial charge on any atom is 0.287 e. The van der Waals surface area contributed by atoms with Crippen molar-refractivity contribution in [3.8, 4) is 0 Å². The number of nitrogen functional groups attached to an aromatic ring is 1. The molecule has 2 atom stereocenters. The van der Waals surface area contributed by atoms with E-state index in [-0.39, 0.29) is 29.5 Å². The van der Waals surface area contributed by atoms with E-state index in [1.807, 2.05) is 23.1 Å². The van der Waals surface area contributed by atoms with Gasteiger partial charge in [-0.25, -0.2) is 4.98 Å².